The Labute approximate surface area is 146 Å². The molecule has 1 saturated heterocycles. The van der Waals surface area contributed by atoms with Crippen molar-refractivity contribution in [3.63, 3.8) is 0 Å². The zero-order valence-electron chi connectivity index (χ0n) is 13.9. The van der Waals surface area contributed by atoms with Crippen molar-refractivity contribution >= 4 is 23.2 Å². The normalized spacial score (nSPS) is 16.2. The third-order valence-electron chi connectivity index (χ3n) is 4.23. The largest absolute Gasteiger partial charge is 0.339 e. The second-order valence-electron chi connectivity index (χ2n) is 5.86. The highest BCUT2D eigenvalue weighted by molar-refractivity contribution is 7.10. The molecule has 0 spiro atoms. The minimum atomic E-state index is 0.217. The molecule has 1 N–H and O–H groups in total. The summed E-state index contributed by atoms with van der Waals surface area (Å²) in [7, 11) is 0. The molecule has 3 rings (SSSR count). The van der Waals surface area contributed by atoms with Gasteiger partial charge in [-0.15, -0.1) is 11.3 Å². The van der Waals surface area contributed by atoms with Crippen LogP contribution in [0.25, 0.3) is 0 Å². The van der Waals surface area contributed by atoms with E-state index in [0.29, 0.717) is 19.0 Å². The molecule has 0 radical (unpaired) electrons. The van der Waals surface area contributed by atoms with E-state index in [0.717, 1.165) is 32.1 Å². The summed E-state index contributed by atoms with van der Waals surface area (Å²) in [5, 5.41) is 5.50. The van der Waals surface area contributed by atoms with Crippen molar-refractivity contribution in [3.8, 4) is 0 Å². The quantitative estimate of drug-likeness (QED) is 0.867. The standard InChI is InChI=1S/C17H23N5OS/c1-14(15-4-2-13-24-15)18-8-5-16(23)21-9-11-22(12-10-21)17-19-6-3-7-20-17/h2-4,6-7,13-14,18H,5,8-12H2,1H3/t14-/m0/s1. The van der Waals surface area contributed by atoms with Crippen LogP contribution in [0.3, 0.4) is 0 Å². The minimum Gasteiger partial charge on any atom is -0.339 e. The fraction of sp³-hybridized carbons (Fsp3) is 0.471. The van der Waals surface area contributed by atoms with Crippen LogP contribution in [0.2, 0.25) is 0 Å². The van der Waals surface area contributed by atoms with Gasteiger partial charge in [0.1, 0.15) is 0 Å². The predicted molar refractivity (Wildman–Crippen MR) is 96.2 cm³/mol. The predicted octanol–water partition coefficient (Wildman–Crippen LogP) is 1.93. The first-order valence-electron chi connectivity index (χ1n) is 8.30. The highest BCUT2D eigenvalue weighted by atomic mass is 32.1. The molecule has 1 fully saturated rings. The lowest BCUT2D eigenvalue weighted by atomic mass is 10.2. The number of carbonyl (C=O) groups is 1. The van der Waals surface area contributed by atoms with Gasteiger partial charge in [0.25, 0.3) is 0 Å². The Morgan fingerprint density at radius 3 is 2.67 bits per heavy atom. The third kappa shape index (κ3) is 4.30. The Hall–Kier alpha value is -1.99. The zero-order chi connectivity index (χ0) is 16.8. The number of anilines is 1. The van der Waals surface area contributed by atoms with E-state index in [1.807, 2.05) is 11.0 Å². The third-order valence-corrected chi connectivity index (χ3v) is 5.28. The molecule has 3 heterocycles. The van der Waals surface area contributed by atoms with Crippen LogP contribution >= 0.6 is 11.3 Å². The van der Waals surface area contributed by atoms with Crippen LogP contribution < -0.4 is 10.2 Å². The van der Waals surface area contributed by atoms with E-state index in [1.165, 1.54) is 4.88 Å². The Bertz CT molecular complexity index is 626. The van der Waals surface area contributed by atoms with Gasteiger partial charge in [0.05, 0.1) is 0 Å². The summed E-state index contributed by atoms with van der Waals surface area (Å²) < 4.78 is 0. The zero-order valence-corrected chi connectivity index (χ0v) is 14.7. The highest BCUT2D eigenvalue weighted by Crippen LogP contribution is 2.18. The summed E-state index contributed by atoms with van der Waals surface area (Å²) in [5.74, 6) is 0.963. The Balaban J connectivity index is 1.39. The average molecular weight is 345 g/mol. The average Bonchev–Trinajstić information content (AvgIpc) is 3.17. The molecule has 6 nitrogen and oxygen atoms in total. The van der Waals surface area contributed by atoms with Gasteiger partial charge in [0.2, 0.25) is 11.9 Å². The van der Waals surface area contributed by atoms with E-state index in [-0.39, 0.29) is 5.91 Å². The SMILES string of the molecule is C[C@H](NCCC(=O)N1CCN(c2ncccn2)CC1)c1cccs1. The maximum absolute atomic E-state index is 12.3. The first-order valence-corrected chi connectivity index (χ1v) is 9.18. The molecule has 1 aliphatic rings. The summed E-state index contributed by atoms with van der Waals surface area (Å²) in [4.78, 5) is 26.3. The topological polar surface area (TPSA) is 61.4 Å². The summed E-state index contributed by atoms with van der Waals surface area (Å²) in [6.45, 7) is 5.88. The number of nitrogens with zero attached hydrogens (tertiary/aromatic N) is 4. The molecule has 0 bridgehead atoms. The first-order chi connectivity index (χ1) is 11.7. The van der Waals surface area contributed by atoms with E-state index < -0.39 is 0 Å². The number of carbonyl (C=O) groups excluding carboxylic acids is 1. The van der Waals surface area contributed by atoms with Crippen LogP contribution in [0.1, 0.15) is 24.3 Å². The summed E-state index contributed by atoms with van der Waals surface area (Å²) in [5.41, 5.74) is 0. The summed E-state index contributed by atoms with van der Waals surface area (Å²) in [6, 6.07) is 6.28. The van der Waals surface area contributed by atoms with Crippen molar-refractivity contribution in [1.82, 2.24) is 20.2 Å². The molecule has 2 aromatic heterocycles. The Morgan fingerprint density at radius 2 is 2.00 bits per heavy atom. The molecule has 1 amide bonds. The number of nitrogens with one attached hydrogen (secondary N) is 1. The molecule has 7 heteroatoms. The van der Waals surface area contributed by atoms with Gasteiger partial charge >= 0.3 is 0 Å². The molecule has 1 aliphatic heterocycles. The summed E-state index contributed by atoms with van der Waals surface area (Å²) in [6.07, 6.45) is 4.04. The van der Waals surface area contributed by atoms with Crippen molar-refractivity contribution in [3.05, 3.63) is 40.8 Å². The fourth-order valence-electron chi connectivity index (χ4n) is 2.80. The van der Waals surface area contributed by atoms with Crippen molar-refractivity contribution < 1.29 is 4.79 Å². The molecule has 2 aromatic rings. The molecule has 24 heavy (non-hydrogen) atoms. The van der Waals surface area contributed by atoms with Gasteiger partial charge in [-0.2, -0.15) is 0 Å². The lowest BCUT2D eigenvalue weighted by Gasteiger charge is -2.34. The van der Waals surface area contributed by atoms with E-state index in [1.54, 1.807) is 23.7 Å². The van der Waals surface area contributed by atoms with Crippen molar-refractivity contribution in [2.45, 2.75) is 19.4 Å². The van der Waals surface area contributed by atoms with Gasteiger partial charge in [-0.1, -0.05) is 6.07 Å². The molecule has 0 aromatic carbocycles. The van der Waals surface area contributed by atoms with Gasteiger partial charge in [0.15, 0.2) is 0 Å². The molecule has 0 aliphatic carbocycles. The van der Waals surface area contributed by atoms with E-state index in [2.05, 4.69) is 44.6 Å². The minimum absolute atomic E-state index is 0.217. The van der Waals surface area contributed by atoms with Crippen molar-refractivity contribution in [1.29, 1.82) is 0 Å². The number of hydrogen-bond donors (Lipinski definition) is 1. The maximum Gasteiger partial charge on any atom is 0.225 e. The van der Waals surface area contributed by atoms with E-state index in [4.69, 9.17) is 0 Å². The van der Waals surface area contributed by atoms with Crippen LogP contribution in [-0.2, 0) is 4.79 Å². The Kier molecular flexibility index (Phi) is 5.77. The lowest BCUT2D eigenvalue weighted by molar-refractivity contribution is -0.131. The van der Waals surface area contributed by atoms with Crippen LogP contribution in [-0.4, -0.2) is 53.5 Å². The van der Waals surface area contributed by atoms with Gasteiger partial charge in [-0.05, 0) is 24.4 Å². The number of rotatable bonds is 6. The summed E-state index contributed by atoms with van der Waals surface area (Å²) >= 11 is 1.74. The van der Waals surface area contributed by atoms with Gasteiger partial charge in [-0.3, -0.25) is 4.79 Å². The van der Waals surface area contributed by atoms with Gasteiger partial charge in [-0.25, -0.2) is 9.97 Å². The number of thiophene rings is 1. The molecule has 0 saturated carbocycles. The smallest absolute Gasteiger partial charge is 0.225 e. The number of hydrogen-bond acceptors (Lipinski definition) is 6. The van der Waals surface area contributed by atoms with Crippen molar-refractivity contribution in [2.24, 2.45) is 0 Å². The van der Waals surface area contributed by atoms with Crippen LogP contribution in [0.15, 0.2) is 36.0 Å². The van der Waals surface area contributed by atoms with Crippen LogP contribution in [0, 0.1) is 0 Å². The number of aromatic nitrogens is 2. The fourth-order valence-corrected chi connectivity index (χ4v) is 3.56. The van der Waals surface area contributed by atoms with Gasteiger partial charge < -0.3 is 15.1 Å². The highest BCUT2D eigenvalue weighted by Gasteiger charge is 2.22. The second kappa shape index (κ2) is 8.21. The molecule has 128 valence electrons. The Morgan fingerprint density at radius 1 is 1.25 bits per heavy atom. The molecular formula is C17H23N5OS. The van der Waals surface area contributed by atoms with E-state index >= 15 is 0 Å². The molecule has 1 atom stereocenters. The number of piperazine rings is 1. The lowest BCUT2D eigenvalue weighted by Crippen LogP contribution is -2.49. The van der Waals surface area contributed by atoms with E-state index in [9.17, 15) is 4.79 Å². The van der Waals surface area contributed by atoms with Crippen LogP contribution in [0.5, 0.6) is 0 Å². The maximum atomic E-state index is 12.3. The van der Waals surface area contributed by atoms with Crippen molar-refractivity contribution in [2.75, 3.05) is 37.6 Å². The number of amides is 1. The second-order valence-corrected chi connectivity index (χ2v) is 6.84. The molecule has 0 unspecified atom stereocenters. The monoisotopic (exact) mass is 345 g/mol. The molecular weight excluding hydrogens is 322 g/mol. The van der Waals surface area contributed by atoms with Gasteiger partial charge in [0, 0.05) is 62.5 Å². The first kappa shape index (κ1) is 16.9. The van der Waals surface area contributed by atoms with Crippen LogP contribution in [0.4, 0.5) is 5.95 Å².